The quantitative estimate of drug-likeness (QED) is 0.489. The van der Waals surface area contributed by atoms with E-state index in [0.717, 1.165) is 6.08 Å². The van der Waals surface area contributed by atoms with Crippen LogP contribution >= 0.6 is 11.6 Å². The van der Waals surface area contributed by atoms with Gasteiger partial charge in [-0.15, -0.1) is 0 Å². The van der Waals surface area contributed by atoms with Crippen LogP contribution in [0.2, 0.25) is 0 Å². The predicted molar refractivity (Wildman–Crippen MR) is 112 cm³/mol. The highest BCUT2D eigenvalue weighted by atomic mass is 35.5. The number of allylic oxidation sites excluding steroid dienone is 6. The van der Waals surface area contributed by atoms with Crippen LogP contribution < -0.4 is 11.3 Å². The number of aliphatic hydroxyl groups excluding tert-OH is 1. The monoisotopic (exact) mass is 451 g/mol. The maximum Gasteiger partial charge on any atom is 0.257 e. The highest BCUT2D eigenvalue weighted by Gasteiger charge is 2.32. The van der Waals surface area contributed by atoms with Crippen molar-refractivity contribution < 1.29 is 23.4 Å². The molecule has 2 aliphatic heterocycles. The first-order valence-corrected chi connectivity index (χ1v) is 9.61. The number of aromatic nitrogens is 1. The molecule has 164 valence electrons. The van der Waals surface area contributed by atoms with Crippen LogP contribution in [0.25, 0.3) is 0 Å². The number of carbonyl (C=O) groups excluding carboxylic acids is 1. The number of methoxy groups -OCH3 is 1. The van der Waals surface area contributed by atoms with E-state index in [2.05, 4.69) is 11.6 Å². The number of rotatable bonds is 7. The van der Waals surface area contributed by atoms with Crippen LogP contribution in [0.4, 0.5) is 8.78 Å². The lowest BCUT2D eigenvalue weighted by atomic mass is 9.95. The molecule has 0 aliphatic carbocycles. The Morgan fingerprint density at radius 3 is 2.81 bits per heavy atom. The summed E-state index contributed by atoms with van der Waals surface area (Å²) in [5.74, 6) is -2.16. The van der Waals surface area contributed by atoms with Crippen molar-refractivity contribution in [2.75, 3.05) is 13.7 Å². The van der Waals surface area contributed by atoms with Gasteiger partial charge in [0, 0.05) is 42.5 Å². The van der Waals surface area contributed by atoms with Gasteiger partial charge in [-0.25, -0.2) is 8.78 Å². The van der Waals surface area contributed by atoms with Gasteiger partial charge < -0.3 is 24.9 Å². The maximum atomic E-state index is 14.2. The molecule has 1 aromatic rings. The van der Waals surface area contributed by atoms with Crippen LogP contribution in [0.5, 0.6) is 0 Å². The number of ether oxygens (including phenoxy) is 1. The van der Waals surface area contributed by atoms with Crippen molar-refractivity contribution in [2.24, 2.45) is 10.7 Å². The number of nitrogens with zero attached hydrogens (tertiary/aromatic N) is 2. The topological polar surface area (TPSA) is 107 Å². The zero-order valence-electron chi connectivity index (χ0n) is 16.6. The molecule has 31 heavy (non-hydrogen) atoms. The number of dihydropyridines is 1. The minimum Gasteiger partial charge on any atom is -0.381 e. The molecule has 3 N–H and O–H groups in total. The van der Waals surface area contributed by atoms with E-state index >= 15 is 0 Å². The molecule has 1 aromatic heterocycles. The zero-order chi connectivity index (χ0) is 22.9. The Balaban J connectivity index is 2.23. The molecule has 0 aromatic carbocycles. The average Bonchev–Trinajstić information content (AvgIpc) is 3.12. The molecule has 3 heterocycles. The van der Waals surface area contributed by atoms with E-state index in [4.69, 9.17) is 22.1 Å². The molecule has 1 atom stereocenters. The molecule has 2 aliphatic rings. The van der Waals surface area contributed by atoms with Crippen LogP contribution in [-0.2, 0) is 22.7 Å². The van der Waals surface area contributed by atoms with Crippen molar-refractivity contribution in [2.45, 2.75) is 25.7 Å². The second-order valence-electron chi connectivity index (χ2n) is 6.99. The van der Waals surface area contributed by atoms with Crippen molar-refractivity contribution in [1.29, 1.82) is 0 Å². The molecule has 0 amide bonds. The summed E-state index contributed by atoms with van der Waals surface area (Å²) < 4.78 is 33.9. The number of aldehydes is 1. The molecule has 0 saturated heterocycles. The Hall–Kier alpha value is -2.72. The standard InChI is InChI=1S/C21H20ClF2N3O4/c1-10(23)19(22)16(24)4-12-3-11(6-25)14-7-27-17(20(14)26-12)5-13(18(29)8-28)15(9-31-2)21(27)30/h4-5,8,18,29H,1,3,6-7,9,25H2,2H3/b12-4+,19-16-. The highest BCUT2D eigenvalue weighted by molar-refractivity contribution is 6.32. The van der Waals surface area contributed by atoms with Gasteiger partial charge in [-0.05, 0) is 17.7 Å². The fourth-order valence-electron chi connectivity index (χ4n) is 3.61. The summed E-state index contributed by atoms with van der Waals surface area (Å²) in [4.78, 5) is 28.7. The van der Waals surface area contributed by atoms with Gasteiger partial charge in [0.1, 0.15) is 22.8 Å². The highest BCUT2D eigenvalue weighted by Crippen LogP contribution is 2.34. The molecule has 0 fully saturated rings. The molecule has 0 saturated carbocycles. The summed E-state index contributed by atoms with van der Waals surface area (Å²) >= 11 is 5.57. The third-order valence-corrected chi connectivity index (χ3v) is 5.47. The summed E-state index contributed by atoms with van der Waals surface area (Å²) in [6.07, 6.45) is -0.0569. The van der Waals surface area contributed by atoms with Crippen molar-refractivity contribution in [3.05, 3.63) is 79.4 Å². The first-order valence-electron chi connectivity index (χ1n) is 9.23. The van der Waals surface area contributed by atoms with Gasteiger partial charge in [0.2, 0.25) is 0 Å². The third kappa shape index (κ3) is 4.22. The molecule has 7 nitrogen and oxygen atoms in total. The average molecular weight is 452 g/mol. The minimum absolute atomic E-state index is 0.0958. The zero-order valence-corrected chi connectivity index (χ0v) is 17.4. The van der Waals surface area contributed by atoms with Gasteiger partial charge in [-0.1, -0.05) is 18.2 Å². The molecule has 0 radical (unpaired) electrons. The Labute approximate surface area is 181 Å². The number of aliphatic imine (C=N–C) groups is 1. The second-order valence-corrected chi connectivity index (χ2v) is 7.37. The van der Waals surface area contributed by atoms with Crippen LogP contribution in [0.1, 0.15) is 29.3 Å². The molecular formula is C21H20ClF2N3O4. The molecule has 3 rings (SSSR count). The van der Waals surface area contributed by atoms with Gasteiger partial charge in [-0.2, -0.15) is 0 Å². The maximum absolute atomic E-state index is 14.2. The van der Waals surface area contributed by atoms with Crippen LogP contribution in [0, 0.1) is 0 Å². The van der Waals surface area contributed by atoms with E-state index in [0.29, 0.717) is 28.8 Å². The van der Waals surface area contributed by atoms with Gasteiger partial charge in [0.25, 0.3) is 5.56 Å². The van der Waals surface area contributed by atoms with Crippen molar-refractivity contribution >= 4 is 23.6 Å². The molecule has 0 spiro atoms. The Kier molecular flexibility index (Phi) is 6.80. The number of fused-ring (bicyclic) bond motifs is 3. The third-order valence-electron chi connectivity index (χ3n) is 5.08. The molecule has 1 unspecified atom stereocenters. The summed E-state index contributed by atoms with van der Waals surface area (Å²) in [5.41, 5.74) is 8.02. The number of aliphatic hydroxyl groups is 1. The predicted octanol–water partition coefficient (Wildman–Crippen LogP) is 2.48. The second kappa shape index (κ2) is 9.19. The number of hydrogen-bond acceptors (Lipinski definition) is 6. The van der Waals surface area contributed by atoms with Crippen molar-refractivity contribution in [1.82, 2.24) is 4.57 Å². The van der Waals surface area contributed by atoms with Crippen LogP contribution in [0.3, 0.4) is 0 Å². The Morgan fingerprint density at radius 1 is 1.52 bits per heavy atom. The first-order chi connectivity index (χ1) is 14.7. The number of carbonyl (C=O) groups is 1. The van der Waals surface area contributed by atoms with Crippen molar-refractivity contribution in [3.8, 4) is 0 Å². The summed E-state index contributed by atoms with van der Waals surface area (Å²) in [6, 6.07) is 1.49. The largest absolute Gasteiger partial charge is 0.381 e. The Morgan fingerprint density at radius 2 is 2.23 bits per heavy atom. The van der Waals surface area contributed by atoms with Gasteiger partial charge in [0.15, 0.2) is 6.29 Å². The summed E-state index contributed by atoms with van der Waals surface area (Å²) in [6.45, 7) is 3.17. The fraction of sp³-hybridized carbons (Fsp3) is 0.286. The number of halogens is 3. The van der Waals surface area contributed by atoms with Crippen molar-refractivity contribution in [3.63, 3.8) is 0 Å². The smallest absolute Gasteiger partial charge is 0.257 e. The van der Waals surface area contributed by atoms with E-state index in [9.17, 15) is 23.5 Å². The van der Waals surface area contributed by atoms with E-state index in [1.807, 2.05) is 0 Å². The van der Waals surface area contributed by atoms with Gasteiger partial charge >= 0.3 is 0 Å². The van der Waals surface area contributed by atoms with Gasteiger partial charge in [0.05, 0.1) is 24.6 Å². The molecular weight excluding hydrogens is 432 g/mol. The SMILES string of the molecule is C=C(F)/C(Cl)=C(F)\C=C1/CC(CN)=C2Cn3c(cc(C(O)C=O)c(COC)c3=O)C2=N1. The van der Waals surface area contributed by atoms with E-state index in [1.54, 1.807) is 0 Å². The minimum atomic E-state index is -1.53. The number of pyridine rings is 1. The van der Waals surface area contributed by atoms with Crippen LogP contribution in [0.15, 0.2) is 62.0 Å². The summed E-state index contributed by atoms with van der Waals surface area (Å²) in [5, 5.41) is 9.34. The number of nitrogens with two attached hydrogens (primary N) is 1. The fourth-order valence-corrected chi connectivity index (χ4v) is 3.66. The lowest BCUT2D eigenvalue weighted by molar-refractivity contribution is -0.115. The van der Waals surface area contributed by atoms with Gasteiger partial charge in [-0.3, -0.25) is 9.79 Å². The molecule has 0 bridgehead atoms. The van der Waals surface area contributed by atoms with E-state index < -0.39 is 28.3 Å². The lowest BCUT2D eigenvalue weighted by Gasteiger charge is -2.17. The lowest BCUT2D eigenvalue weighted by Crippen LogP contribution is -2.27. The van der Waals surface area contributed by atoms with E-state index in [-0.39, 0.29) is 42.9 Å². The number of hydrogen-bond donors (Lipinski definition) is 2. The van der Waals surface area contributed by atoms with Crippen LogP contribution in [-0.4, -0.2) is 35.3 Å². The Bertz CT molecular complexity index is 1150. The first kappa shape index (κ1) is 23.0. The molecule has 10 heteroatoms. The van der Waals surface area contributed by atoms with E-state index in [1.165, 1.54) is 17.7 Å². The summed E-state index contributed by atoms with van der Waals surface area (Å²) in [7, 11) is 1.39. The normalized spacial score (nSPS) is 18.4.